The lowest BCUT2D eigenvalue weighted by molar-refractivity contribution is 0.00392. The largest absolute Gasteiger partial charge is 0.379 e. The lowest BCUT2D eigenvalue weighted by Crippen LogP contribution is -2.49. The van der Waals surface area contributed by atoms with E-state index in [0.29, 0.717) is 12.0 Å². The molecular weight excluding hydrogens is 296 g/mol. The molecule has 0 spiro atoms. The Bertz CT molecular complexity index is 337. The van der Waals surface area contributed by atoms with Gasteiger partial charge in [0, 0.05) is 43.7 Å². The summed E-state index contributed by atoms with van der Waals surface area (Å²) in [6.07, 6.45) is 2.41. The molecule has 0 radical (unpaired) electrons. The van der Waals surface area contributed by atoms with Crippen LogP contribution in [0.4, 0.5) is 0 Å². The highest BCUT2D eigenvalue weighted by Gasteiger charge is 2.27. The third-order valence-electron chi connectivity index (χ3n) is 4.88. The second-order valence-electron chi connectivity index (χ2n) is 6.09. The van der Waals surface area contributed by atoms with Crippen LogP contribution in [-0.2, 0) is 4.74 Å². The summed E-state index contributed by atoms with van der Waals surface area (Å²) in [5, 5.41) is 0. The summed E-state index contributed by atoms with van der Waals surface area (Å²) < 4.78 is 5.50. The minimum Gasteiger partial charge on any atom is -0.379 e. The quantitative estimate of drug-likeness (QED) is 0.591. The van der Waals surface area contributed by atoms with Gasteiger partial charge in [-0.1, -0.05) is 26.7 Å². The van der Waals surface area contributed by atoms with Gasteiger partial charge in [-0.25, -0.2) is 0 Å². The Morgan fingerprint density at radius 1 is 1.14 bits per heavy atom. The molecule has 0 bridgehead atoms. The van der Waals surface area contributed by atoms with Gasteiger partial charge in [-0.05, 0) is 5.92 Å². The predicted octanol–water partition coefficient (Wildman–Crippen LogP) is 1.49. The van der Waals surface area contributed by atoms with Crippen LogP contribution in [0.3, 0.4) is 0 Å². The number of thioether (sulfide) groups is 1. The van der Waals surface area contributed by atoms with E-state index in [0.717, 1.165) is 63.4 Å². The van der Waals surface area contributed by atoms with Crippen molar-refractivity contribution < 1.29 is 4.74 Å². The number of aliphatic imine (C=N–C) groups is 1. The summed E-state index contributed by atoms with van der Waals surface area (Å²) in [5.74, 6) is 3.75. The van der Waals surface area contributed by atoms with Crippen LogP contribution in [0.15, 0.2) is 4.99 Å². The molecular formula is C16H32N4OS. The third-order valence-corrected chi connectivity index (χ3v) is 5.83. The van der Waals surface area contributed by atoms with Gasteiger partial charge in [-0.2, -0.15) is 11.8 Å². The van der Waals surface area contributed by atoms with E-state index in [2.05, 4.69) is 23.6 Å². The maximum Gasteiger partial charge on any atom is 0.191 e. The van der Waals surface area contributed by atoms with E-state index in [1.165, 1.54) is 12.8 Å². The Morgan fingerprint density at radius 2 is 1.77 bits per heavy atom. The SMILES string of the molecule is CCC(CC)C(CN=C(N)N1CCSCC1)N1CCOCC1. The lowest BCUT2D eigenvalue weighted by atomic mass is 9.92. The van der Waals surface area contributed by atoms with Crippen molar-refractivity contribution in [1.29, 1.82) is 0 Å². The fraction of sp³-hybridized carbons (Fsp3) is 0.938. The first-order chi connectivity index (χ1) is 10.8. The van der Waals surface area contributed by atoms with Crippen molar-refractivity contribution in [2.75, 3.05) is 57.4 Å². The Kier molecular flexibility index (Phi) is 7.83. The zero-order valence-electron chi connectivity index (χ0n) is 14.2. The summed E-state index contributed by atoms with van der Waals surface area (Å²) in [7, 11) is 0. The van der Waals surface area contributed by atoms with Crippen molar-refractivity contribution in [3.63, 3.8) is 0 Å². The second-order valence-corrected chi connectivity index (χ2v) is 7.32. The van der Waals surface area contributed by atoms with Crippen LogP contribution in [-0.4, -0.2) is 79.2 Å². The number of ether oxygens (including phenoxy) is 1. The molecule has 2 aliphatic rings. The van der Waals surface area contributed by atoms with Crippen molar-refractivity contribution in [2.24, 2.45) is 16.6 Å². The van der Waals surface area contributed by atoms with Crippen molar-refractivity contribution in [3.05, 3.63) is 0 Å². The van der Waals surface area contributed by atoms with E-state index in [1.54, 1.807) is 0 Å². The van der Waals surface area contributed by atoms with Gasteiger partial charge in [0.25, 0.3) is 0 Å². The summed E-state index contributed by atoms with van der Waals surface area (Å²) in [6.45, 7) is 11.2. The molecule has 1 unspecified atom stereocenters. The fourth-order valence-corrected chi connectivity index (χ4v) is 4.29. The van der Waals surface area contributed by atoms with Crippen LogP contribution < -0.4 is 5.73 Å². The molecule has 0 aromatic rings. The van der Waals surface area contributed by atoms with Crippen molar-refractivity contribution in [1.82, 2.24) is 9.80 Å². The molecule has 0 aliphatic carbocycles. The molecule has 2 rings (SSSR count). The number of hydrogen-bond acceptors (Lipinski definition) is 4. The highest BCUT2D eigenvalue weighted by atomic mass is 32.2. The smallest absolute Gasteiger partial charge is 0.191 e. The van der Waals surface area contributed by atoms with Crippen LogP contribution in [0.25, 0.3) is 0 Å². The molecule has 0 amide bonds. The summed E-state index contributed by atoms with van der Waals surface area (Å²) >= 11 is 2.00. The molecule has 0 aromatic carbocycles. The van der Waals surface area contributed by atoms with Gasteiger partial charge in [0.05, 0.1) is 19.8 Å². The molecule has 22 heavy (non-hydrogen) atoms. The minimum atomic E-state index is 0.497. The van der Waals surface area contributed by atoms with Crippen LogP contribution in [0.1, 0.15) is 26.7 Å². The highest BCUT2D eigenvalue weighted by Crippen LogP contribution is 2.20. The van der Waals surface area contributed by atoms with E-state index >= 15 is 0 Å². The number of nitrogens with two attached hydrogens (primary N) is 1. The Hall–Kier alpha value is -0.460. The maximum absolute atomic E-state index is 6.23. The topological polar surface area (TPSA) is 54.1 Å². The van der Waals surface area contributed by atoms with Crippen LogP contribution in [0, 0.1) is 5.92 Å². The van der Waals surface area contributed by atoms with Gasteiger partial charge in [-0.15, -0.1) is 0 Å². The summed E-state index contributed by atoms with van der Waals surface area (Å²) in [5.41, 5.74) is 6.23. The van der Waals surface area contributed by atoms with Crippen LogP contribution >= 0.6 is 11.8 Å². The van der Waals surface area contributed by atoms with Crippen molar-refractivity contribution in [2.45, 2.75) is 32.7 Å². The summed E-state index contributed by atoms with van der Waals surface area (Å²) in [6, 6.07) is 0.497. The highest BCUT2D eigenvalue weighted by molar-refractivity contribution is 7.99. The molecule has 2 heterocycles. The molecule has 2 N–H and O–H groups in total. The Morgan fingerprint density at radius 3 is 2.36 bits per heavy atom. The molecule has 0 saturated carbocycles. The van der Waals surface area contributed by atoms with E-state index < -0.39 is 0 Å². The molecule has 128 valence electrons. The maximum atomic E-state index is 6.23. The van der Waals surface area contributed by atoms with Crippen molar-refractivity contribution in [3.8, 4) is 0 Å². The zero-order valence-corrected chi connectivity index (χ0v) is 15.0. The minimum absolute atomic E-state index is 0.497. The van der Waals surface area contributed by atoms with Crippen molar-refractivity contribution >= 4 is 17.7 Å². The number of rotatable bonds is 6. The monoisotopic (exact) mass is 328 g/mol. The predicted molar refractivity (Wildman–Crippen MR) is 95.6 cm³/mol. The van der Waals surface area contributed by atoms with Crippen LogP contribution in [0.5, 0.6) is 0 Å². The van der Waals surface area contributed by atoms with Gasteiger partial charge in [0.2, 0.25) is 0 Å². The number of hydrogen-bond donors (Lipinski definition) is 1. The van der Waals surface area contributed by atoms with E-state index in [4.69, 9.17) is 15.5 Å². The van der Waals surface area contributed by atoms with Gasteiger partial charge >= 0.3 is 0 Å². The van der Waals surface area contributed by atoms with Gasteiger partial charge in [0.15, 0.2) is 5.96 Å². The number of guanidine groups is 1. The zero-order chi connectivity index (χ0) is 15.8. The summed E-state index contributed by atoms with van der Waals surface area (Å²) in [4.78, 5) is 9.56. The molecule has 0 aromatic heterocycles. The number of nitrogens with zero attached hydrogens (tertiary/aromatic N) is 3. The average molecular weight is 329 g/mol. The third kappa shape index (κ3) is 5.03. The standard InChI is InChI=1S/C16H32N4OS/c1-3-14(4-2)15(19-5-9-21-10-6-19)13-18-16(17)20-7-11-22-12-8-20/h14-15H,3-13H2,1-2H3,(H2,17,18). The first-order valence-corrected chi connectivity index (χ1v) is 9.86. The van der Waals surface area contributed by atoms with Crippen LogP contribution in [0.2, 0.25) is 0 Å². The number of morpholine rings is 1. The first-order valence-electron chi connectivity index (χ1n) is 8.70. The molecule has 2 saturated heterocycles. The Labute approximate surface area is 139 Å². The normalized spacial score (nSPS) is 23.0. The molecule has 6 heteroatoms. The van der Waals surface area contributed by atoms with E-state index in [1.807, 2.05) is 11.8 Å². The molecule has 5 nitrogen and oxygen atoms in total. The van der Waals surface area contributed by atoms with Gasteiger partial charge in [0.1, 0.15) is 0 Å². The first kappa shape index (κ1) is 17.9. The Balaban J connectivity index is 1.97. The van der Waals surface area contributed by atoms with E-state index in [9.17, 15) is 0 Å². The lowest BCUT2D eigenvalue weighted by Gasteiger charge is -2.38. The average Bonchev–Trinajstić information content (AvgIpc) is 2.60. The fourth-order valence-electron chi connectivity index (χ4n) is 3.38. The van der Waals surface area contributed by atoms with E-state index in [-0.39, 0.29) is 0 Å². The van der Waals surface area contributed by atoms with Gasteiger partial charge < -0.3 is 15.4 Å². The molecule has 2 aliphatic heterocycles. The molecule has 2 fully saturated rings. The molecule has 1 atom stereocenters. The second kappa shape index (κ2) is 9.63. The van der Waals surface area contributed by atoms with Gasteiger partial charge in [-0.3, -0.25) is 9.89 Å².